The van der Waals surface area contributed by atoms with Crippen molar-refractivity contribution in [2.75, 3.05) is 0 Å². The molecule has 0 saturated heterocycles. The highest BCUT2D eigenvalue weighted by Crippen LogP contribution is 2.24. The van der Waals surface area contributed by atoms with Crippen LogP contribution >= 0.6 is 0 Å². The highest BCUT2D eigenvalue weighted by Gasteiger charge is 2.17. The van der Waals surface area contributed by atoms with E-state index in [9.17, 15) is 9.59 Å². The molecule has 0 saturated carbocycles. The Morgan fingerprint density at radius 3 is 2.33 bits per heavy atom. The van der Waals surface area contributed by atoms with Gasteiger partial charge in [-0.3, -0.25) is 4.79 Å². The Morgan fingerprint density at radius 2 is 1.71 bits per heavy atom. The van der Waals surface area contributed by atoms with Crippen LogP contribution in [-0.2, 0) is 4.79 Å². The van der Waals surface area contributed by atoms with Gasteiger partial charge in [0.1, 0.15) is 5.75 Å². The number of ketones is 1. The molecule has 0 fully saturated rings. The SMILES string of the molecule is C=C(C)C(=O)Oc1ccc(C)cc1C(=O)c1ccccc1. The molecule has 21 heavy (non-hydrogen) atoms. The van der Waals surface area contributed by atoms with Crippen LogP contribution in [-0.4, -0.2) is 11.8 Å². The maximum atomic E-state index is 12.6. The second-order valence-electron chi connectivity index (χ2n) is 4.86. The van der Waals surface area contributed by atoms with E-state index in [4.69, 9.17) is 4.74 Å². The number of rotatable bonds is 4. The van der Waals surface area contributed by atoms with Gasteiger partial charge in [0, 0.05) is 11.1 Å². The number of carbonyl (C=O) groups excluding carboxylic acids is 2. The summed E-state index contributed by atoms with van der Waals surface area (Å²) in [5, 5.41) is 0. The molecule has 0 N–H and O–H groups in total. The first-order valence-corrected chi connectivity index (χ1v) is 6.57. The van der Waals surface area contributed by atoms with Gasteiger partial charge in [-0.15, -0.1) is 0 Å². The van der Waals surface area contributed by atoms with Gasteiger partial charge in [-0.2, -0.15) is 0 Å². The predicted octanol–water partition coefficient (Wildman–Crippen LogP) is 3.71. The van der Waals surface area contributed by atoms with Gasteiger partial charge in [0.2, 0.25) is 0 Å². The van der Waals surface area contributed by atoms with Gasteiger partial charge in [-0.25, -0.2) is 4.79 Å². The van der Waals surface area contributed by atoms with E-state index >= 15 is 0 Å². The van der Waals surface area contributed by atoms with E-state index in [1.807, 2.05) is 13.0 Å². The Hall–Kier alpha value is -2.68. The molecule has 3 heteroatoms. The van der Waals surface area contributed by atoms with Gasteiger partial charge in [-0.1, -0.05) is 48.5 Å². The summed E-state index contributed by atoms with van der Waals surface area (Å²) in [5.74, 6) is -0.466. The number of hydrogen-bond acceptors (Lipinski definition) is 3. The van der Waals surface area contributed by atoms with Crippen molar-refractivity contribution in [3.8, 4) is 5.75 Å². The van der Waals surface area contributed by atoms with Gasteiger partial charge >= 0.3 is 5.97 Å². The number of ether oxygens (including phenoxy) is 1. The zero-order valence-corrected chi connectivity index (χ0v) is 12.1. The quantitative estimate of drug-likeness (QED) is 0.371. The summed E-state index contributed by atoms with van der Waals surface area (Å²) in [6.45, 7) is 6.99. The van der Waals surface area contributed by atoms with Crippen molar-refractivity contribution in [3.63, 3.8) is 0 Å². The molecule has 0 unspecified atom stereocenters. The number of hydrogen-bond donors (Lipinski definition) is 0. The average molecular weight is 280 g/mol. The third kappa shape index (κ3) is 3.45. The molecule has 0 aliphatic heterocycles. The first-order chi connectivity index (χ1) is 9.99. The molecular formula is C18H16O3. The van der Waals surface area contributed by atoms with Crippen LogP contribution in [0.1, 0.15) is 28.4 Å². The van der Waals surface area contributed by atoms with Gasteiger partial charge in [0.25, 0.3) is 0 Å². The van der Waals surface area contributed by atoms with Crippen molar-refractivity contribution in [3.05, 3.63) is 77.4 Å². The monoisotopic (exact) mass is 280 g/mol. The first-order valence-electron chi connectivity index (χ1n) is 6.57. The first kappa shape index (κ1) is 14.7. The number of benzene rings is 2. The Labute approximate surface area is 123 Å². The Morgan fingerprint density at radius 1 is 1.05 bits per heavy atom. The van der Waals surface area contributed by atoms with Crippen molar-refractivity contribution in [1.29, 1.82) is 0 Å². The molecule has 0 aliphatic carbocycles. The summed E-state index contributed by atoms with van der Waals surface area (Å²) in [7, 11) is 0. The fourth-order valence-electron chi connectivity index (χ4n) is 1.84. The summed E-state index contributed by atoms with van der Waals surface area (Å²) in [6.07, 6.45) is 0. The van der Waals surface area contributed by atoms with E-state index in [0.717, 1.165) is 5.56 Å². The standard InChI is InChI=1S/C18H16O3/c1-12(2)18(20)21-16-10-9-13(3)11-15(16)17(19)14-7-5-4-6-8-14/h4-11H,1H2,2-3H3. The molecule has 0 radical (unpaired) electrons. The molecule has 0 heterocycles. The van der Waals surface area contributed by atoms with E-state index in [0.29, 0.717) is 11.1 Å². The second-order valence-corrected chi connectivity index (χ2v) is 4.86. The van der Waals surface area contributed by atoms with Gasteiger partial charge in [0.15, 0.2) is 5.78 Å². The van der Waals surface area contributed by atoms with Crippen LogP contribution < -0.4 is 4.74 Å². The minimum absolute atomic E-state index is 0.177. The Bertz CT molecular complexity index is 700. The van der Waals surface area contributed by atoms with Crippen molar-refractivity contribution in [1.82, 2.24) is 0 Å². The maximum Gasteiger partial charge on any atom is 0.338 e. The van der Waals surface area contributed by atoms with E-state index < -0.39 is 5.97 Å². The van der Waals surface area contributed by atoms with E-state index in [1.54, 1.807) is 49.4 Å². The van der Waals surface area contributed by atoms with Crippen LogP contribution in [0.25, 0.3) is 0 Å². The summed E-state index contributed by atoms with van der Waals surface area (Å²) < 4.78 is 5.25. The number of aryl methyl sites for hydroxylation is 1. The summed E-state index contributed by atoms with van der Waals surface area (Å²) in [6, 6.07) is 14.0. The fraction of sp³-hybridized carbons (Fsp3) is 0.111. The lowest BCUT2D eigenvalue weighted by atomic mass is 10.0. The molecule has 0 spiro atoms. The third-order valence-corrected chi connectivity index (χ3v) is 2.97. The van der Waals surface area contributed by atoms with Crippen molar-refractivity contribution in [2.45, 2.75) is 13.8 Å². The van der Waals surface area contributed by atoms with Gasteiger partial charge < -0.3 is 4.74 Å². The van der Waals surface area contributed by atoms with Crippen LogP contribution in [0.2, 0.25) is 0 Å². The van der Waals surface area contributed by atoms with E-state index in [-0.39, 0.29) is 17.1 Å². The molecule has 0 atom stereocenters. The van der Waals surface area contributed by atoms with Crippen LogP contribution in [0.4, 0.5) is 0 Å². The summed E-state index contributed by atoms with van der Waals surface area (Å²) in [5.41, 5.74) is 2.13. The lowest BCUT2D eigenvalue weighted by molar-refractivity contribution is -0.130. The topological polar surface area (TPSA) is 43.4 Å². The molecular weight excluding hydrogens is 264 g/mol. The van der Waals surface area contributed by atoms with Crippen molar-refractivity contribution in [2.24, 2.45) is 0 Å². The zero-order chi connectivity index (χ0) is 15.4. The fourth-order valence-corrected chi connectivity index (χ4v) is 1.84. The van der Waals surface area contributed by atoms with E-state index in [2.05, 4.69) is 6.58 Å². The van der Waals surface area contributed by atoms with Gasteiger partial charge in [0.05, 0.1) is 5.56 Å². The minimum atomic E-state index is -0.541. The van der Waals surface area contributed by atoms with Crippen molar-refractivity contribution >= 4 is 11.8 Å². The molecule has 0 bridgehead atoms. The Balaban J connectivity index is 2.42. The van der Waals surface area contributed by atoms with Crippen LogP contribution in [0.15, 0.2) is 60.7 Å². The van der Waals surface area contributed by atoms with Gasteiger partial charge in [-0.05, 0) is 26.0 Å². The second kappa shape index (κ2) is 6.18. The molecule has 2 aromatic rings. The zero-order valence-electron chi connectivity index (χ0n) is 12.1. The smallest absolute Gasteiger partial charge is 0.338 e. The van der Waals surface area contributed by atoms with Crippen LogP contribution in [0.5, 0.6) is 5.75 Å². The lowest BCUT2D eigenvalue weighted by Gasteiger charge is -2.10. The summed E-state index contributed by atoms with van der Waals surface area (Å²) >= 11 is 0. The highest BCUT2D eigenvalue weighted by molar-refractivity contribution is 6.11. The minimum Gasteiger partial charge on any atom is -0.422 e. The molecule has 2 aromatic carbocycles. The third-order valence-electron chi connectivity index (χ3n) is 2.97. The predicted molar refractivity (Wildman–Crippen MR) is 81.5 cm³/mol. The van der Waals surface area contributed by atoms with Crippen molar-refractivity contribution < 1.29 is 14.3 Å². The summed E-state index contributed by atoms with van der Waals surface area (Å²) in [4.78, 5) is 24.2. The molecule has 0 aromatic heterocycles. The molecule has 0 amide bonds. The molecule has 2 rings (SSSR count). The van der Waals surface area contributed by atoms with E-state index in [1.165, 1.54) is 0 Å². The lowest BCUT2D eigenvalue weighted by Crippen LogP contribution is -2.12. The Kier molecular flexibility index (Phi) is 4.33. The number of carbonyl (C=O) groups is 2. The molecule has 0 aliphatic rings. The maximum absolute atomic E-state index is 12.6. The van der Waals surface area contributed by atoms with Crippen LogP contribution in [0.3, 0.4) is 0 Å². The van der Waals surface area contributed by atoms with Crippen LogP contribution in [0, 0.1) is 6.92 Å². The normalized spacial score (nSPS) is 10.0. The molecule has 106 valence electrons. The molecule has 3 nitrogen and oxygen atoms in total. The highest BCUT2D eigenvalue weighted by atomic mass is 16.5. The number of esters is 1. The average Bonchev–Trinajstić information content (AvgIpc) is 2.49. The largest absolute Gasteiger partial charge is 0.422 e.